The Morgan fingerprint density at radius 2 is 1.58 bits per heavy atom. The lowest BCUT2D eigenvalue weighted by atomic mass is 9.71. The molecule has 2 aliphatic rings. The van der Waals surface area contributed by atoms with E-state index in [2.05, 4.69) is 12.2 Å². The van der Waals surface area contributed by atoms with Crippen molar-refractivity contribution in [2.24, 2.45) is 0 Å². The maximum absolute atomic E-state index is 14.1. The van der Waals surface area contributed by atoms with Gasteiger partial charge in [-0.2, -0.15) is 11.8 Å². The van der Waals surface area contributed by atoms with Crippen molar-refractivity contribution in [1.29, 1.82) is 0 Å². The summed E-state index contributed by atoms with van der Waals surface area (Å²) in [6.07, 6.45) is 0.846. The highest BCUT2D eigenvalue weighted by molar-refractivity contribution is 7.99. The number of benzene rings is 2. The third-order valence-electron chi connectivity index (χ3n) is 7.69. The van der Waals surface area contributed by atoms with Crippen LogP contribution in [0.4, 0.5) is 0 Å². The van der Waals surface area contributed by atoms with Crippen molar-refractivity contribution < 1.29 is 38.0 Å². The smallest absolute Gasteiger partial charge is 0.336 e. The monoisotopic (exact) mass is 611 g/mol. The molecular weight excluding hydrogens is 570 g/mol. The molecule has 2 aromatic rings. The Morgan fingerprint density at radius 1 is 0.907 bits per heavy atom. The molecule has 1 aliphatic heterocycles. The van der Waals surface area contributed by atoms with E-state index in [0.717, 1.165) is 17.0 Å². The van der Waals surface area contributed by atoms with Crippen LogP contribution in [-0.2, 0) is 14.3 Å². The normalized spacial score (nSPS) is 18.1. The first-order chi connectivity index (χ1) is 20.8. The molecule has 232 valence electrons. The molecule has 2 aromatic carbocycles. The van der Waals surface area contributed by atoms with Gasteiger partial charge in [-0.1, -0.05) is 13.0 Å². The van der Waals surface area contributed by atoms with Gasteiger partial charge in [-0.3, -0.25) is 4.79 Å². The Bertz CT molecular complexity index is 1390. The van der Waals surface area contributed by atoms with Crippen LogP contribution < -0.4 is 29.0 Å². The quantitative estimate of drug-likeness (QED) is 0.222. The number of thioether (sulfide) groups is 1. The lowest BCUT2D eigenvalue weighted by molar-refractivity contribution is -0.138. The Balaban J connectivity index is 1.80. The average molecular weight is 612 g/mol. The third kappa shape index (κ3) is 6.74. The number of ether oxygens (including phenoxy) is 6. The van der Waals surface area contributed by atoms with Gasteiger partial charge in [-0.05, 0) is 67.3 Å². The maximum atomic E-state index is 14.1. The standard InChI is InChI=1S/C33H41NO8S/c1-8-41-25-11-10-20(16-26(25)37-4)21-14-23-31(24(35)15-21)30(22-17-27(38-5)32(40-7)28(18-22)39-6)29(19(3)34-23)33(36)42-12-13-43-9-2/h10-11,16-18,21,30,34H,8-9,12-15H2,1-7H3/t21-,30+/m1/s1. The predicted molar refractivity (Wildman–Crippen MR) is 167 cm³/mol. The van der Waals surface area contributed by atoms with Gasteiger partial charge >= 0.3 is 5.97 Å². The summed E-state index contributed by atoms with van der Waals surface area (Å²) in [5, 5.41) is 3.41. The van der Waals surface area contributed by atoms with Gasteiger partial charge in [-0.25, -0.2) is 4.79 Å². The highest BCUT2D eigenvalue weighted by atomic mass is 32.2. The van der Waals surface area contributed by atoms with E-state index < -0.39 is 11.9 Å². The van der Waals surface area contributed by atoms with E-state index in [4.69, 9.17) is 28.4 Å². The zero-order valence-corrected chi connectivity index (χ0v) is 26.8. The number of ketones is 1. The van der Waals surface area contributed by atoms with E-state index in [0.29, 0.717) is 69.9 Å². The van der Waals surface area contributed by atoms with Gasteiger partial charge in [0, 0.05) is 35.1 Å². The molecule has 1 aliphatic carbocycles. The van der Waals surface area contributed by atoms with Crippen molar-refractivity contribution in [1.82, 2.24) is 5.32 Å². The third-order valence-corrected chi connectivity index (χ3v) is 8.56. The second-order valence-corrected chi connectivity index (χ2v) is 11.5. The lowest BCUT2D eigenvalue weighted by Gasteiger charge is -2.37. The summed E-state index contributed by atoms with van der Waals surface area (Å²) >= 11 is 1.70. The highest BCUT2D eigenvalue weighted by Gasteiger charge is 2.42. The highest BCUT2D eigenvalue weighted by Crippen LogP contribution is 2.49. The summed E-state index contributed by atoms with van der Waals surface area (Å²) in [4.78, 5) is 27.7. The van der Waals surface area contributed by atoms with E-state index in [1.54, 1.807) is 31.0 Å². The number of Topliss-reactive ketones (excluding diaryl/α,β-unsaturated/α-hetero) is 1. The van der Waals surface area contributed by atoms with E-state index >= 15 is 0 Å². The first kappa shape index (κ1) is 32.1. The van der Waals surface area contributed by atoms with E-state index in [1.165, 1.54) is 21.3 Å². The molecule has 2 atom stereocenters. The van der Waals surface area contributed by atoms with Crippen LogP contribution in [-0.4, -0.2) is 64.9 Å². The number of hydrogen-bond acceptors (Lipinski definition) is 10. The number of dihydropyridines is 1. The van der Waals surface area contributed by atoms with Gasteiger partial charge in [0.05, 0.1) is 40.6 Å². The van der Waals surface area contributed by atoms with Gasteiger partial charge in [0.2, 0.25) is 5.75 Å². The summed E-state index contributed by atoms with van der Waals surface area (Å²) < 4.78 is 33.8. The summed E-state index contributed by atoms with van der Waals surface area (Å²) in [7, 11) is 6.22. The van der Waals surface area contributed by atoms with Crippen LogP contribution in [0.2, 0.25) is 0 Å². The number of methoxy groups -OCH3 is 4. The van der Waals surface area contributed by atoms with Crippen LogP contribution in [0.25, 0.3) is 0 Å². The summed E-state index contributed by atoms with van der Waals surface area (Å²) in [6.45, 7) is 6.63. The molecule has 0 spiro atoms. The summed E-state index contributed by atoms with van der Waals surface area (Å²) in [5.41, 5.74) is 4.01. The van der Waals surface area contributed by atoms with Gasteiger partial charge in [0.15, 0.2) is 28.8 Å². The van der Waals surface area contributed by atoms with Crippen molar-refractivity contribution in [3.8, 4) is 28.7 Å². The topological polar surface area (TPSA) is 102 Å². The SMILES string of the molecule is CCOc1ccc([C@H]2CC(=O)C3=C(C2)NC(C)=C(C(=O)OCCSCC)[C@@H]3c2cc(OC)c(OC)c(OC)c2)cc1OC. The van der Waals surface area contributed by atoms with Crippen molar-refractivity contribution >= 4 is 23.5 Å². The summed E-state index contributed by atoms with van der Waals surface area (Å²) in [5.74, 6) is 2.93. The number of carbonyl (C=O) groups is 2. The fourth-order valence-corrected chi connectivity index (χ4v) is 6.26. The maximum Gasteiger partial charge on any atom is 0.336 e. The number of esters is 1. The van der Waals surface area contributed by atoms with Crippen LogP contribution in [0.5, 0.6) is 28.7 Å². The van der Waals surface area contributed by atoms with Crippen molar-refractivity contribution in [2.45, 2.75) is 45.4 Å². The van der Waals surface area contributed by atoms with Crippen LogP contribution in [0, 0.1) is 0 Å². The zero-order chi connectivity index (χ0) is 31.1. The molecule has 10 heteroatoms. The van der Waals surface area contributed by atoms with Gasteiger partial charge in [0.25, 0.3) is 0 Å². The molecule has 0 amide bonds. The number of hydrogen-bond donors (Lipinski definition) is 1. The average Bonchev–Trinajstić information content (AvgIpc) is 3.01. The van der Waals surface area contributed by atoms with Crippen molar-refractivity contribution in [3.05, 3.63) is 64.0 Å². The first-order valence-corrected chi connectivity index (χ1v) is 15.6. The van der Waals surface area contributed by atoms with E-state index in [1.807, 2.05) is 32.0 Å². The van der Waals surface area contributed by atoms with E-state index in [9.17, 15) is 9.59 Å². The molecule has 9 nitrogen and oxygen atoms in total. The fraction of sp³-hybridized carbons (Fsp3) is 0.455. The molecule has 4 rings (SSSR count). The van der Waals surface area contributed by atoms with Crippen LogP contribution in [0.15, 0.2) is 52.9 Å². The molecule has 0 aromatic heterocycles. The predicted octanol–water partition coefficient (Wildman–Crippen LogP) is 5.78. The number of allylic oxidation sites excluding steroid dienone is 3. The number of rotatable bonds is 13. The molecule has 0 fully saturated rings. The molecular formula is C33H41NO8S. The Hall–Kier alpha value is -3.79. The molecule has 0 saturated heterocycles. The second-order valence-electron chi connectivity index (χ2n) is 10.2. The largest absolute Gasteiger partial charge is 0.493 e. The Morgan fingerprint density at radius 3 is 2.19 bits per heavy atom. The van der Waals surface area contributed by atoms with E-state index in [-0.39, 0.29) is 24.7 Å². The zero-order valence-electron chi connectivity index (χ0n) is 26.0. The van der Waals surface area contributed by atoms with Crippen LogP contribution in [0.1, 0.15) is 56.6 Å². The summed E-state index contributed by atoms with van der Waals surface area (Å²) in [6, 6.07) is 9.40. The number of nitrogens with one attached hydrogen (secondary N) is 1. The molecule has 0 radical (unpaired) electrons. The second kappa shape index (κ2) is 14.6. The van der Waals surface area contributed by atoms with Crippen molar-refractivity contribution in [2.75, 3.05) is 53.2 Å². The van der Waals surface area contributed by atoms with Gasteiger partial charge in [0.1, 0.15) is 6.61 Å². The minimum atomic E-state index is -0.681. The minimum absolute atomic E-state index is 0.0512. The minimum Gasteiger partial charge on any atom is -0.493 e. The van der Waals surface area contributed by atoms with Gasteiger partial charge in [-0.15, -0.1) is 0 Å². The molecule has 0 saturated carbocycles. The lowest BCUT2D eigenvalue weighted by Crippen LogP contribution is -2.36. The van der Waals surface area contributed by atoms with Gasteiger partial charge < -0.3 is 33.7 Å². The van der Waals surface area contributed by atoms with Crippen LogP contribution in [0.3, 0.4) is 0 Å². The molecule has 0 unspecified atom stereocenters. The first-order valence-electron chi connectivity index (χ1n) is 14.4. The number of carbonyl (C=O) groups excluding carboxylic acids is 2. The molecule has 1 N–H and O–H groups in total. The molecule has 1 heterocycles. The Labute approximate surface area is 257 Å². The van der Waals surface area contributed by atoms with Crippen molar-refractivity contribution in [3.63, 3.8) is 0 Å². The fourth-order valence-electron chi connectivity index (χ4n) is 5.77. The van der Waals surface area contributed by atoms with Crippen LogP contribution >= 0.6 is 11.8 Å². The Kier molecular flexibility index (Phi) is 10.9. The molecule has 0 bridgehead atoms. The molecule has 43 heavy (non-hydrogen) atoms.